The number of rotatable bonds is 9. The molecule has 1 saturated carbocycles. The monoisotopic (exact) mass is 555 g/mol. The molecule has 2 fully saturated rings. The second kappa shape index (κ2) is 11.4. The molecule has 212 valence electrons. The summed E-state index contributed by atoms with van der Waals surface area (Å²) in [4.78, 5) is 24.9. The first-order chi connectivity index (χ1) is 19.2. The molecule has 3 aromatic rings. The van der Waals surface area contributed by atoms with Gasteiger partial charge in [0.05, 0.1) is 6.61 Å². The molecule has 1 aromatic carbocycles. The molecule has 8 nitrogen and oxygen atoms in total. The Labute approximate surface area is 230 Å². The Morgan fingerprint density at radius 3 is 2.48 bits per heavy atom. The minimum Gasteiger partial charge on any atom is -0.406 e. The number of amides is 1. The van der Waals surface area contributed by atoms with Crippen molar-refractivity contribution in [3.63, 3.8) is 0 Å². The fourth-order valence-corrected chi connectivity index (χ4v) is 5.39. The Kier molecular flexibility index (Phi) is 7.93. The molecular weight excluding hydrogens is 523 g/mol. The van der Waals surface area contributed by atoms with Crippen molar-refractivity contribution in [1.29, 1.82) is 5.41 Å². The molecule has 1 amide bonds. The van der Waals surface area contributed by atoms with Crippen LogP contribution in [-0.4, -0.2) is 62.2 Å². The van der Waals surface area contributed by atoms with Crippen molar-refractivity contribution in [2.45, 2.75) is 51.4 Å². The van der Waals surface area contributed by atoms with Crippen molar-refractivity contribution in [2.75, 3.05) is 19.7 Å². The number of carbonyl (C=O) groups is 1. The van der Waals surface area contributed by atoms with Crippen molar-refractivity contribution < 1.29 is 27.8 Å². The molecule has 5 rings (SSSR count). The van der Waals surface area contributed by atoms with Gasteiger partial charge in [-0.05, 0) is 56.4 Å². The summed E-state index contributed by atoms with van der Waals surface area (Å²) in [7, 11) is 0. The molecule has 3 heterocycles. The summed E-state index contributed by atoms with van der Waals surface area (Å²) < 4.78 is 44.8. The normalized spacial score (nSPS) is 17.1. The second-order valence-electron chi connectivity index (χ2n) is 10.4. The van der Waals surface area contributed by atoms with Crippen LogP contribution in [0.25, 0.3) is 22.6 Å². The molecule has 1 atom stereocenters. The Morgan fingerprint density at radius 1 is 1.15 bits per heavy atom. The van der Waals surface area contributed by atoms with E-state index in [9.17, 15) is 23.1 Å². The molecule has 1 aliphatic heterocycles. The van der Waals surface area contributed by atoms with E-state index < -0.39 is 6.36 Å². The molecule has 2 aromatic heterocycles. The molecule has 0 spiro atoms. The van der Waals surface area contributed by atoms with Gasteiger partial charge in [0.1, 0.15) is 23.0 Å². The number of nitrogens with one attached hydrogen (secondary N) is 1. The predicted octanol–water partition coefficient (Wildman–Crippen LogP) is 5.74. The number of hydrogen-bond donors (Lipinski definition) is 2. The molecular formula is C29H32F3N5O3. The summed E-state index contributed by atoms with van der Waals surface area (Å²) in [6.45, 7) is 2.82. The number of aliphatic hydroxyl groups is 1. The molecule has 0 radical (unpaired) electrons. The van der Waals surface area contributed by atoms with Crippen LogP contribution in [0.5, 0.6) is 5.75 Å². The standard InChI is InChI=1S/C29H32F3N5O3/c1-2-18(17-38)24(33)19-10-13-36(14-11-19)28(39)26-25(21-6-4-12-34-16-21)35-27(37(26)22-8-9-22)20-5-3-7-23(15-20)40-29(30,31)32/h3-7,12,15-16,18-19,22,33,38H,2,8-11,13-14,17H2,1H3/t18-/m1/s1. The topological polar surface area (TPSA) is 104 Å². The van der Waals surface area contributed by atoms with E-state index in [1.165, 1.54) is 18.2 Å². The van der Waals surface area contributed by atoms with Crippen molar-refractivity contribution in [3.05, 3.63) is 54.5 Å². The van der Waals surface area contributed by atoms with Crippen LogP contribution in [0.15, 0.2) is 48.8 Å². The average molecular weight is 556 g/mol. The third kappa shape index (κ3) is 5.89. The van der Waals surface area contributed by atoms with Crippen molar-refractivity contribution >= 4 is 11.6 Å². The lowest BCUT2D eigenvalue weighted by molar-refractivity contribution is -0.274. The number of aromatic nitrogens is 3. The van der Waals surface area contributed by atoms with Gasteiger partial charge >= 0.3 is 6.36 Å². The summed E-state index contributed by atoms with van der Waals surface area (Å²) in [5.41, 5.74) is 2.42. The van der Waals surface area contributed by atoms with Gasteiger partial charge in [0.25, 0.3) is 5.91 Å². The van der Waals surface area contributed by atoms with Gasteiger partial charge in [-0.3, -0.25) is 9.78 Å². The number of ether oxygens (including phenoxy) is 1. The molecule has 0 bridgehead atoms. The van der Waals surface area contributed by atoms with Crippen LogP contribution in [0.2, 0.25) is 0 Å². The SMILES string of the molecule is CC[C@H](CO)C(=N)C1CCN(C(=O)c2c(-c3cccnc3)nc(-c3cccc(OC(F)(F)F)c3)n2C2CC2)CC1. The molecule has 0 unspecified atom stereocenters. The van der Waals surface area contributed by atoms with Crippen molar-refractivity contribution in [3.8, 4) is 28.4 Å². The zero-order valence-corrected chi connectivity index (χ0v) is 22.2. The van der Waals surface area contributed by atoms with E-state index >= 15 is 0 Å². The van der Waals surface area contributed by atoms with E-state index in [-0.39, 0.29) is 36.1 Å². The van der Waals surface area contributed by atoms with Crippen LogP contribution < -0.4 is 4.74 Å². The smallest absolute Gasteiger partial charge is 0.406 e. The number of alkyl halides is 3. The fourth-order valence-electron chi connectivity index (χ4n) is 5.39. The molecule has 2 N–H and O–H groups in total. The molecule has 11 heteroatoms. The second-order valence-corrected chi connectivity index (χ2v) is 10.4. The molecule has 2 aliphatic rings. The van der Waals surface area contributed by atoms with Crippen molar-refractivity contribution in [2.24, 2.45) is 11.8 Å². The maximum atomic E-state index is 14.1. The zero-order chi connectivity index (χ0) is 28.4. The first-order valence-corrected chi connectivity index (χ1v) is 13.6. The van der Waals surface area contributed by atoms with Gasteiger partial charge in [-0.25, -0.2) is 4.98 Å². The zero-order valence-electron chi connectivity index (χ0n) is 22.2. The Balaban J connectivity index is 1.51. The minimum absolute atomic E-state index is 0.000328. The van der Waals surface area contributed by atoms with Gasteiger partial charge < -0.3 is 24.7 Å². The maximum absolute atomic E-state index is 14.1. The quantitative estimate of drug-likeness (QED) is 0.328. The lowest BCUT2D eigenvalue weighted by Gasteiger charge is -2.34. The highest BCUT2D eigenvalue weighted by molar-refractivity contribution is 6.00. The number of benzene rings is 1. The highest BCUT2D eigenvalue weighted by atomic mass is 19.4. The molecule has 1 saturated heterocycles. The number of pyridine rings is 1. The van der Waals surface area contributed by atoms with Gasteiger partial charge in [-0.15, -0.1) is 13.2 Å². The summed E-state index contributed by atoms with van der Waals surface area (Å²) in [6, 6.07) is 9.22. The third-order valence-corrected chi connectivity index (χ3v) is 7.66. The Hall–Kier alpha value is -3.73. The molecule has 40 heavy (non-hydrogen) atoms. The minimum atomic E-state index is -4.83. The van der Waals surface area contributed by atoms with Gasteiger partial charge in [0.2, 0.25) is 0 Å². The van der Waals surface area contributed by atoms with Gasteiger partial charge in [0, 0.05) is 60.2 Å². The van der Waals surface area contributed by atoms with Crippen molar-refractivity contribution in [1.82, 2.24) is 19.4 Å². The Bertz CT molecular complexity index is 1360. The van der Waals surface area contributed by atoms with Crippen LogP contribution in [0.4, 0.5) is 13.2 Å². The first-order valence-electron chi connectivity index (χ1n) is 13.6. The number of likely N-dealkylation sites (tertiary alicyclic amines) is 1. The van der Waals surface area contributed by atoms with E-state index in [1.54, 1.807) is 29.4 Å². The average Bonchev–Trinajstić information content (AvgIpc) is 3.72. The third-order valence-electron chi connectivity index (χ3n) is 7.66. The van der Waals surface area contributed by atoms with E-state index in [0.29, 0.717) is 66.4 Å². The summed E-state index contributed by atoms with van der Waals surface area (Å²) >= 11 is 0. The summed E-state index contributed by atoms with van der Waals surface area (Å²) in [5, 5.41) is 18.2. The number of nitrogens with zero attached hydrogens (tertiary/aromatic N) is 4. The van der Waals surface area contributed by atoms with Gasteiger partial charge in [0.15, 0.2) is 0 Å². The highest BCUT2D eigenvalue weighted by Gasteiger charge is 2.38. The fraction of sp³-hybridized carbons (Fsp3) is 0.448. The van der Waals surface area contributed by atoms with E-state index in [4.69, 9.17) is 10.4 Å². The molecule has 1 aliphatic carbocycles. The first kappa shape index (κ1) is 27.8. The number of imidazole rings is 1. The largest absolute Gasteiger partial charge is 0.573 e. The maximum Gasteiger partial charge on any atom is 0.573 e. The number of halogens is 3. The number of hydrogen-bond acceptors (Lipinski definition) is 6. The van der Waals surface area contributed by atoms with E-state index in [2.05, 4.69) is 9.72 Å². The summed E-state index contributed by atoms with van der Waals surface area (Å²) in [6.07, 6.45) is 2.02. The van der Waals surface area contributed by atoms with E-state index in [0.717, 1.165) is 12.8 Å². The Morgan fingerprint density at radius 2 is 1.88 bits per heavy atom. The lowest BCUT2D eigenvalue weighted by atomic mass is 9.84. The van der Waals surface area contributed by atoms with Crippen LogP contribution in [0.1, 0.15) is 55.6 Å². The van der Waals surface area contributed by atoms with Crippen LogP contribution in [0, 0.1) is 17.2 Å². The van der Waals surface area contributed by atoms with Crippen LogP contribution >= 0.6 is 0 Å². The number of aliphatic hydroxyl groups excluding tert-OH is 1. The van der Waals surface area contributed by atoms with Crippen LogP contribution in [-0.2, 0) is 0 Å². The summed E-state index contributed by atoms with van der Waals surface area (Å²) in [5.74, 6) is -0.308. The number of piperidine rings is 1. The van der Waals surface area contributed by atoms with Crippen LogP contribution in [0.3, 0.4) is 0 Å². The van der Waals surface area contributed by atoms with Gasteiger partial charge in [-0.1, -0.05) is 19.1 Å². The number of carbonyl (C=O) groups excluding carboxylic acids is 1. The van der Waals surface area contributed by atoms with E-state index in [1.807, 2.05) is 17.6 Å². The predicted molar refractivity (Wildman–Crippen MR) is 143 cm³/mol. The lowest BCUT2D eigenvalue weighted by Crippen LogP contribution is -2.42. The highest BCUT2D eigenvalue weighted by Crippen LogP contribution is 2.43. The van der Waals surface area contributed by atoms with Gasteiger partial charge in [-0.2, -0.15) is 0 Å².